The Morgan fingerprint density at radius 2 is 2.11 bits per heavy atom. The average molecular weight is 311 g/mol. The lowest BCUT2D eigenvalue weighted by atomic mass is 10.1. The zero-order chi connectivity index (χ0) is 12.8. The molecule has 1 heterocycles. The minimum atomic E-state index is 0.242. The lowest BCUT2D eigenvalue weighted by molar-refractivity contribution is 0.0973. The number of halogens is 1. The summed E-state index contributed by atoms with van der Waals surface area (Å²) >= 11 is 3.39. The summed E-state index contributed by atoms with van der Waals surface area (Å²) in [6, 6.07) is 7.64. The predicted molar refractivity (Wildman–Crippen MR) is 77.0 cm³/mol. The number of rotatable bonds is 5. The van der Waals surface area contributed by atoms with Crippen LogP contribution in [-0.2, 0) is 0 Å². The van der Waals surface area contributed by atoms with Gasteiger partial charge in [0, 0.05) is 42.6 Å². The zero-order valence-corrected chi connectivity index (χ0v) is 12.1. The number of piperazine rings is 1. The second kappa shape index (κ2) is 7.02. The fourth-order valence-corrected chi connectivity index (χ4v) is 2.60. The van der Waals surface area contributed by atoms with Gasteiger partial charge < -0.3 is 10.2 Å². The molecule has 0 aromatic heterocycles. The highest BCUT2D eigenvalue weighted by Crippen LogP contribution is 2.14. The molecule has 1 fully saturated rings. The third-order valence-corrected chi connectivity index (χ3v) is 3.73. The van der Waals surface area contributed by atoms with E-state index in [9.17, 15) is 4.79 Å². The highest BCUT2D eigenvalue weighted by atomic mass is 79.9. The molecular weight excluding hydrogens is 292 g/mol. The minimum absolute atomic E-state index is 0.242. The number of carbonyl (C=O) groups is 1. The molecule has 0 aliphatic carbocycles. The fourth-order valence-electron chi connectivity index (χ4n) is 2.20. The van der Waals surface area contributed by atoms with E-state index in [0.717, 1.165) is 49.2 Å². The summed E-state index contributed by atoms with van der Waals surface area (Å²) in [6.07, 6.45) is 1.59. The first-order valence-electron chi connectivity index (χ1n) is 6.47. The van der Waals surface area contributed by atoms with Crippen LogP contribution in [0.2, 0.25) is 0 Å². The second-order valence-electron chi connectivity index (χ2n) is 4.63. The largest absolute Gasteiger partial charge is 0.314 e. The Morgan fingerprint density at radius 3 is 2.83 bits per heavy atom. The van der Waals surface area contributed by atoms with Crippen molar-refractivity contribution in [1.29, 1.82) is 0 Å². The maximum Gasteiger partial charge on any atom is 0.162 e. The molecule has 0 atom stereocenters. The van der Waals surface area contributed by atoms with E-state index in [1.807, 2.05) is 24.3 Å². The molecule has 0 bridgehead atoms. The molecule has 0 radical (unpaired) electrons. The molecular formula is C14H19BrN2O. The lowest BCUT2D eigenvalue weighted by Crippen LogP contribution is -2.43. The van der Waals surface area contributed by atoms with Gasteiger partial charge in [0.25, 0.3) is 0 Å². The summed E-state index contributed by atoms with van der Waals surface area (Å²) in [5.41, 5.74) is 0.810. The van der Waals surface area contributed by atoms with Gasteiger partial charge in [0.05, 0.1) is 0 Å². The Hall–Kier alpha value is -0.710. The van der Waals surface area contributed by atoms with Crippen molar-refractivity contribution in [3.63, 3.8) is 0 Å². The Labute approximate surface area is 117 Å². The van der Waals surface area contributed by atoms with Crippen LogP contribution < -0.4 is 5.32 Å². The van der Waals surface area contributed by atoms with Crippen LogP contribution >= 0.6 is 15.9 Å². The number of ketones is 1. The third kappa shape index (κ3) is 4.19. The van der Waals surface area contributed by atoms with Crippen LogP contribution in [0.25, 0.3) is 0 Å². The minimum Gasteiger partial charge on any atom is -0.314 e. The Balaban J connectivity index is 1.74. The first-order valence-corrected chi connectivity index (χ1v) is 7.27. The number of hydrogen-bond donors (Lipinski definition) is 1. The van der Waals surface area contributed by atoms with Crippen LogP contribution in [0.1, 0.15) is 23.2 Å². The standard InChI is InChI=1S/C14H19BrN2O/c15-13-4-1-3-12(11-13)14(18)5-2-8-17-9-6-16-7-10-17/h1,3-4,11,16H,2,5-10H2. The smallest absolute Gasteiger partial charge is 0.162 e. The van der Waals surface area contributed by atoms with Gasteiger partial charge in [-0.15, -0.1) is 0 Å². The quantitative estimate of drug-likeness (QED) is 0.847. The Morgan fingerprint density at radius 1 is 1.33 bits per heavy atom. The van der Waals surface area contributed by atoms with E-state index >= 15 is 0 Å². The molecule has 0 amide bonds. The Bertz CT molecular complexity index is 403. The lowest BCUT2D eigenvalue weighted by Gasteiger charge is -2.26. The van der Waals surface area contributed by atoms with Gasteiger partial charge in [-0.1, -0.05) is 28.1 Å². The van der Waals surface area contributed by atoms with E-state index in [1.165, 1.54) is 0 Å². The number of nitrogens with zero attached hydrogens (tertiary/aromatic N) is 1. The molecule has 18 heavy (non-hydrogen) atoms. The van der Waals surface area contributed by atoms with E-state index in [2.05, 4.69) is 26.1 Å². The van der Waals surface area contributed by atoms with Gasteiger partial charge in [-0.3, -0.25) is 4.79 Å². The molecule has 0 unspecified atom stereocenters. The van der Waals surface area contributed by atoms with Gasteiger partial charge in [0.15, 0.2) is 5.78 Å². The molecule has 0 saturated carbocycles. The molecule has 3 nitrogen and oxygen atoms in total. The van der Waals surface area contributed by atoms with E-state index in [4.69, 9.17) is 0 Å². The van der Waals surface area contributed by atoms with E-state index in [1.54, 1.807) is 0 Å². The number of benzene rings is 1. The first kappa shape index (κ1) is 13.7. The summed E-state index contributed by atoms with van der Waals surface area (Å²) in [7, 11) is 0. The molecule has 1 saturated heterocycles. The first-order chi connectivity index (χ1) is 8.75. The van der Waals surface area contributed by atoms with Crippen molar-refractivity contribution in [3.05, 3.63) is 34.3 Å². The molecule has 1 aromatic carbocycles. The van der Waals surface area contributed by atoms with E-state index < -0.39 is 0 Å². The van der Waals surface area contributed by atoms with Crippen LogP contribution in [0.4, 0.5) is 0 Å². The molecule has 2 rings (SSSR count). The highest BCUT2D eigenvalue weighted by molar-refractivity contribution is 9.10. The summed E-state index contributed by atoms with van der Waals surface area (Å²) in [6.45, 7) is 5.37. The van der Waals surface area contributed by atoms with E-state index in [0.29, 0.717) is 6.42 Å². The van der Waals surface area contributed by atoms with Crippen LogP contribution in [0, 0.1) is 0 Å². The third-order valence-electron chi connectivity index (χ3n) is 3.23. The molecule has 0 spiro atoms. The zero-order valence-electron chi connectivity index (χ0n) is 10.5. The SMILES string of the molecule is O=C(CCCN1CCNCC1)c1cccc(Br)c1. The molecule has 1 aliphatic rings. The van der Waals surface area contributed by atoms with Crippen molar-refractivity contribution in [2.45, 2.75) is 12.8 Å². The fraction of sp³-hybridized carbons (Fsp3) is 0.500. The molecule has 1 aromatic rings. The van der Waals surface area contributed by atoms with Crippen molar-refractivity contribution in [1.82, 2.24) is 10.2 Å². The molecule has 98 valence electrons. The van der Waals surface area contributed by atoms with Crippen molar-refractivity contribution in [3.8, 4) is 0 Å². The predicted octanol–water partition coefficient (Wildman–Crippen LogP) is 2.32. The van der Waals surface area contributed by atoms with Gasteiger partial charge in [-0.05, 0) is 25.1 Å². The van der Waals surface area contributed by atoms with Crippen LogP contribution in [0.3, 0.4) is 0 Å². The number of carbonyl (C=O) groups excluding carboxylic acids is 1. The second-order valence-corrected chi connectivity index (χ2v) is 5.54. The number of Topliss-reactive ketones (excluding diaryl/α,β-unsaturated/α-hetero) is 1. The van der Waals surface area contributed by atoms with Crippen molar-refractivity contribution < 1.29 is 4.79 Å². The summed E-state index contributed by atoms with van der Waals surface area (Å²) < 4.78 is 0.968. The van der Waals surface area contributed by atoms with Crippen LogP contribution in [-0.4, -0.2) is 43.4 Å². The van der Waals surface area contributed by atoms with Gasteiger partial charge in [0.1, 0.15) is 0 Å². The maximum atomic E-state index is 12.0. The summed E-state index contributed by atoms with van der Waals surface area (Å²) in [5, 5.41) is 3.33. The normalized spacial score (nSPS) is 16.7. The molecule has 4 heteroatoms. The summed E-state index contributed by atoms with van der Waals surface area (Å²) in [5.74, 6) is 0.242. The number of hydrogen-bond acceptors (Lipinski definition) is 3. The highest BCUT2D eigenvalue weighted by Gasteiger charge is 2.10. The monoisotopic (exact) mass is 310 g/mol. The average Bonchev–Trinajstić information content (AvgIpc) is 2.40. The van der Waals surface area contributed by atoms with Gasteiger partial charge in [-0.25, -0.2) is 0 Å². The van der Waals surface area contributed by atoms with Crippen molar-refractivity contribution in [2.24, 2.45) is 0 Å². The van der Waals surface area contributed by atoms with Crippen molar-refractivity contribution >= 4 is 21.7 Å². The molecule has 1 N–H and O–H groups in total. The van der Waals surface area contributed by atoms with Crippen LogP contribution in [0.5, 0.6) is 0 Å². The summed E-state index contributed by atoms with van der Waals surface area (Å²) in [4.78, 5) is 14.4. The van der Waals surface area contributed by atoms with E-state index in [-0.39, 0.29) is 5.78 Å². The van der Waals surface area contributed by atoms with Gasteiger partial charge in [-0.2, -0.15) is 0 Å². The van der Waals surface area contributed by atoms with Crippen LogP contribution in [0.15, 0.2) is 28.7 Å². The van der Waals surface area contributed by atoms with Crippen molar-refractivity contribution in [2.75, 3.05) is 32.7 Å². The van der Waals surface area contributed by atoms with Gasteiger partial charge >= 0.3 is 0 Å². The number of nitrogens with one attached hydrogen (secondary N) is 1. The Kier molecular flexibility index (Phi) is 5.35. The van der Waals surface area contributed by atoms with Gasteiger partial charge in [0.2, 0.25) is 0 Å². The topological polar surface area (TPSA) is 32.3 Å². The maximum absolute atomic E-state index is 12.0. The molecule has 1 aliphatic heterocycles.